The lowest BCUT2D eigenvalue weighted by Gasteiger charge is -2.19. The van der Waals surface area contributed by atoms with Gasteiger partial charge >= 0.3 is 0 Å². The molecule has 152 valence electrons. The topological polar surface area (TPSA) is 55.7 Å². The molecule has 4 aromatic rings. The Morgan fingerprint density at radius 1 is 1.10 bits per heavy atom. The lowest BCUT2D eigenvalue weighted by atomic mass is 9.88. The first-order valence-electron chi connectivity index (χ1n) is 10.5. The minimum atomic E-state index is 0.120. The molecule has 0 bridgehead atoms. The molecule has 1 aliphatic carbocycles. The van der Waals surface area contributed by atoms with Gasteiger partial charge in [-0.05, 0) is 43.2 Å². The van der Waals surface area contributed by atoms with Gasteiger partial charge in [0.25, 0.3) is 0 Å². The standard InChI is InChI=1S/C24H23N3OS2/c1-2-8-18-16-11-6-7-12-17(16)20-21-22(30-23(20)27-18)24(26-14-25-21)29-13-19(28)15-9-4-3-5-10-15/h3-5,9-10,14H,2,6-8,11-13H2,1H3. The third-order valence-corrected chi connectivity index (χ3v) is 7.90. The predicted octanol–water partition coefficient (Wildman–Crippen LogP) is 6.05. The SMILES string of the molecule is CCCc1nc2sc3c(SCC(=O)c4ccccc4)ncnc3c2c2c1CCCC2. The molecule has 0 saturated heterocycles. The number of fused-ring (bicyclic) bond motifs is 5. The molecule has 3 aromatic heterocycles. The largest absolute Gasteiger partial charge is 0.293 e. The summed E-state index contributed by atoms with van der Waals surface area (Å²) >= 11 is 3.18. The van der Waals surface area contributed by atoms with Crippen LogP contribution in [0.5, 0.6) is 0 Å². The molecule has 0 N–H and O–H groups in total. The monoisotopic (exact) mass is 433 g/mol. The highest BCUT2D eigenvalue weighted by atomic mass is 32.2. The number of ketones is 1. The van der Waals surface area contributed by atoms with Gasteiger partial charge in [-0.1, -0.05) is 55.4 Å². The number of carbonyl (C=O) groups is 1. The minimum absolute atomic E-state index is 0.120. The lowest BCUT2D eigenvalue weighted by molar-refractivity contribution is 0.102. The van der Waals surface area contributed by atoms with E-state index >= 15 is 0 Å². The van der Waals surface area contributed by atoms with E-state index in [1.165, 1.54) is 46.8 Å². The van der Waals surface area contributed by atoms with Crippen LogP contribution in [0, 0.1) is 0 Å². The fraction of sp³-hybridized carbons (Fsp3) is 0.333. The van der Waals surface area contributed by atoms with Crippen LogP contribution in [-0.4, -0.2) is 26.5 Å². The highest BCUT2D eigenvalue weighted by Gasteiger charge is 2.23. The van der Waals surface area contributed by atoms with Crippen LogP contribution in [0.3, 0.4) is 0 Å². The molecule has 0 radical (unpaired) electrons. The summed E-state index contributed by atoms with van der Waals surface area (Å²) in [5.74, 6) is 0.492. The normalized spacial score (nSPS) is 13.6. The van der Waals surface area contributed by atoms with Gasteiger partial charge in [-0.25, -0.2) is 15.0 Å². The zero-order valence-corrected chi connectivity index (χ0v) is 18.6. The number of benzene rings is 1. The molecule has 0 atom stereocenters. The molecule has 0 saturated carbocycles. The second kappa shape index (κ2) is 8.44. The van der Waals surface area contributed by atoms with Crippen molar-refractivity contribution in [1.82, 2.24) is 15.0 Å². The smallest absolute Gasteiger partial charge is 0.173 e. The Labute approximate surface area is 184 Å². The van der Waals surface area contributed by atoms with Crippen LogP contribution >= 0.6 is 23.1 Å². The molecule has 6 heteroatoms. The summed E-state index contributed by atoms with van der Waals surface area (Å²) in [6.45, 7) is 2.22. The third-order valence-electron chi connectivity index (χ3n) is 5.70. The number of thiophene rings is 1. The quantitative estimate of drug-likeness (QED) is 0.211. The van der Waals surface area contributed by atoms with Crippen LogP contribution < -0.4 is 0 Å². The molecule has 1 aliphatic rings. The lowest BCUT2D eigenvalue weighted by Crippen LogP contribution is -2.09. The van der Waals surface area contributed by atoms with Crippen molar-refractivity contribution in [2.45, 2.75) is 50.5 Å². The van der Waals surface area contributed by atoms with Crippen LogP contribution in [0.2, 0.25) is 0 Å². The first kappa shape index (κ1) is 19.6. The van der Waals surface area contributed by atoms with Gasteiger partial charge in [-0.15, -0.1) is 11.3 Å². The number of pyridine rings is 1. The maximum absolute atomic E-state index is 12.6. The van der Waals surface area contributed by atoms with Crippen molar-refractivity contribution in [3.8, 4) is 0 Å². The molecule has 3 heterocycles. The van der Waals surface area contributed by atoms with Crippen LogP contribution in [0.15, 0.2) is 41.7 Å². The average Bonchev–Trinajstić information content (AvgIpc) is 3.17. The highest BCUT2D eigenvalue weighted by Crippen LogP contribution is 2.41. The van der Waals surface area contributed by atoms with E-state index in [2.05, 4.69) is 16.9 Å². The molecule has 4 nitrogen and oxygen atoms in total. The van der Waals surface area contributed by atoms with Gasteiger partial charge in [0.05, 0.1) is 16.0 Å². The van der Waals surface area contributed by atoms with Crippen molar-refractivity contribution in [3.63, 3.8) is 0 Å². The van der Waals surface area contributed by atoms with Gasteiger partial charge in [0.15, 0.2) is 5.78 Å². The zero-order chi connectivity index (χ0) is 20.5. The van der Waals surface area contributed by atoms with E-state index in [0.717, 1.165) is 51.3 Å². The van der Waals surface area contributed by atoms with E-state index in [4.69, 9.17) is 4.98 Å². The number of carbonyl (C=O) groups excluding carboxylic acids is 1. The number of nitrogens with zero attached hydrogens (tertiary/aromatic N) is 3. The molecule has 0 spiro atoms. The summed E-state index contributed by atoms with van der Waals surface area (Å²) < 4.78 is 1.06. The Balaban J connectivity index is 1.56. The number of Topliss-reactive ketones (excluding diaryl/α,β-unsaturated/α-hetero) is 1. The Morgan fingerprint density at radius 2 is 1.90 bits per heavy atom. The summed E-state index contributed by atoms with van der Waals surface area (Å²) in [6, 6.07) is 9.45. The first-order chi connectivity index (χ1) is 14.8. The third kappa shape index (κ3) is 3.52. The van der Waals surface area contributed by atoms with Crippen LogP contribution in [0.4, 0.5) is 0 Å². The summed E-state index contributed by atoms with van der Waals surface area (Å²) in [7, 11) is 0. The minimum Gasteiger partial charge on any atom is -0.293 e. The van der Waals surface area contributed by atoms with Crippen molar-refractivity contribution in [2.75, 3.05) is 5.75 Å². The van der Waals surface area contributed by atoms with E-state index in [1.54, 1.807) is 17.7 Å². The van der Waals surface area contributed by atoms with Crippen molar-refractivity contribution in [1.29, 1.82) is 0 Å². The fourth-order valence-electron chi connectivity index (χ4n) is 4.30. The number of hydrogen-bond acceptors (Lipinski definition) is 6. The van der Waals surface area contributed by atoms with Crippen molar-refractivity contribution < 1.29 is 4.79 Å². The molecule has 30 heavy (non-hydrogen) atoms. The molecular weight excluding hydrogens is 410 g/mol. The van der Waals surface area contributed by atoms with E-state index in [-0.39, 0.29) is 5.78 Å². The maximum Gasteiger partial charge on any atom is 0.173 e. The average molecular weight is 434 g/mol. The number of hydrogen-bond donors (Lipinski definition) is 0. The maximum atomic E-state index is 12.6. The zero-order valence-electron chi connectivity index (χ0n) is 17.0. The van der Waals surface area contributed by atoms with E-state index in [9.17, 15) is 4.79 Å². The van der Waals surface area contributed by atoms with Crippen LogP contribution in [-0.2, 0) is 19.3 Å². The Hall–Kier alpha value is -2.31. The molecule has 0 aliphatic heterocycles. The van der Waals surface area contributed by atoms with Gasteiger partial charge in [-0.2, -0.15) is 0 Å². The molecular formula is C24H23N3OS2. The summed E-state index contributed by atoms with van der Waals surface area (Å²) in [4.78, 5) is 27.9. The van der Waals surface area contributed by atoms with Gasteiger partial charge < -0.3 is 0 Å². The molecule has 1 aromatic carbocycles. The summed E-state index contributed by atoms with van der Waals surface area (Å²) in [6.07, 6.45) is 8.49. The number of thioether (sulfide) groups is 1. The second-order valence-corrected chi connectivity index (χ2v) is 9.65. The molecule has 0 amide bonds. The Morgan fingerprint density at radius 3 is 2.70 bits per heavy atom. The fourth-order valence-corrected chi connectivity index (χ4v) is 6.45. The Kier molecular flexibility index (Phi) is 5.52. The first-order valence-corrected chi connectivity index (χ1v) is 12.4. The van der Waals surface area contributed by atoms with E-state index in [1.807, 2.05) is 30.3 Å². The van der Waals surface area contributed by atoms with E-state index in [0.29, 0.717) is 5.75 Å². The number of rotatable bonds is 6. The van der Waals surface area contributed by atoms with E-state index < -0.39 is 0 Å². The second-order valence-electron chi connectivity index (χ2n) is 7.69. The number of aryl methyl sites for hydroxylation is 2. The van der Waals surface area contributed by atoms with Gasteiger partial charge in [-0.3, -0.25) is 4.79 Å². The summed E-state index contributed by atoms with van der Waals surface area (Å²) in [5.41, 5.74) is 5.94. The van der Waals surface area contributed by atoms with Crippen molar-refractivity contribution in [3.05, 3.63) is 59.0 Å². The van der Waals surface area contributed by atoms with Gasteiger partial charge in [0.1, 0.15) is 16.2 Å². The Bertz CT molecular complexity index is 1230. The van der Waals surface area contributed by atoms with Crippen molar-refractivity contribution >= 4 is 49.3 Å². The van der Waals surface area contributed by atoms with Crippen LogP contribution in [0.1, 0.15) is 53.4 Å². The molecule has 0 fully saturated rings. The molecule has 0 unspecified atom stereocenters. The molecule has 5 rings (SSSR count). The van der Waals surface area contributed by atoms with Crippen LogP contribution in [0.25, 0.3) is 20.4 Å². The predicted molar refractivity (Wildman–Crippen MR) is 125 cm³/mol. The van der Waals surface area contributed by atoms with Gasteiger partial charge in [0, 0.05) is 16.6 Å². The summed E-state index contributed by atoms with van der Waals surface area (Å²) in [5, 5.41) is 2.11. The van der Waals surface area contributed by atoms with Crippen molar-refractivity contribution in [2.24, 2.45) is 0 Å². The van der Waals surface area contributed by atoms with Gasteiger partial charge in [0.2, 0.25) is 0 Å². The highest BCUT2D eigenvalue weighted by molar-refractivity contribution is 8.00. The number of aromatic nitrogens is 3.